The van der Waals surface area contributed by atoms with Gasteiger partial charge in [-0.15, -0.1) is 0 Å². The van der Waals surface area contributed by atoms with Crippen molar-refractivity contribution in [2.45, 2.75) is 49.5 Å². The SMILES string of the molecule is O=C(O)C(F)(F)F.O=C(O)C(F)(F)F.O=C(O)[C@@H]1NCC[C@@H]1O.O=C(O)[C@H]1NCC[C@H]1O. The average Bonchev–Trinajstić information content (AvgIpc) is 3.23. The number of aliphatic hydroxyl groups excluding tert-OH is 2. The molecule has 2 heterocycles. The smallest absolute Gasteiger partial charge is 0.480 e. The summed E-state index contributed by atoms with van der Waals surface area (Å²) in [6, 6.07) is -1.49. The third-order valence-electron chi connectivity index (χ3n) is 3.40. The Hall–Kier alpha value is -2.70. The normalized spacial score (nSPS) is 24.5. The lowest BCUT2D eigenvalue weighted by Crippen LogP contribution is -2.38. The highest BCUT2D eigenvalue weighted by Gasteiger charge is 2.39. The van der Waals surface area contributed by atoms with Crippen LogP contribution in [0.25, 0.3) is 0 Å². The van der Waals surface area contributed by atoms with E-state index in [0.717, 1.165) is 0 Å². The molecular formula is C14H20F6N2O10. The van der Waals surface area contributed by atoms with E-state index < -0.39 is 60.5 Å². The monoisotopic (exact) mass is 490 g/mol. The summed E-state index contributed by atoms with van der Waals surface area (Å²) in [4.78, 5) is 38.2. The Balaban J connectivity index is 0. The number of hydrogen-bond donors (Lipinski definition) is 8. The van der Waals surface area contributed by atoms with Crippen molar-refractivity contribution in [3.8, 4) is 0 Å². The lowest BCUT2D eigenvalue weighted by atomic mass is 10.2. The van der Waals surface area contributed by atoms with Crippen molar-refractivity contribution in [3.63, 3.8) is 0 Å². The van der Waals surface area contributed by atoms with Gasteiger partial charge >= 0.3 is 36.2 Å². The number of nitrogens with one attached hydrogen (secondary N) is 2. The molecule has 4 atom stereocenters. The summed E-state index contributed by atoms with van der Waals surface area (Å²) in [5, 5.41) is 54.1. The van der Waals surface area contributed by atoms with Gasteiger partial charge in [0.1, 0.15) is 12.1 Å². The van der Waals surface area contributed by atoms with Gasteiger partial charge in [0, 0.05) is 0 Å². The number of carboxylic acid groups (broad SMARTS) is 4. The van der Waals surface area contributed by atoms with Gasteiger partial charge in [0.15, 0.2) is 0 Å². The van der Waals surface area contributed by atoms with E-state index in [4.69, 9.17) is 40.2 Å². The predicted molar refractivity (Wildman–Crippen MR) is 87.5 cm³/mol. The van der Waals surface area contributed by atoms with Gasteiger partial charge in [0.05, 0.1) is 12.2 Å². The number of alkyl halides is 6. The van der Waals surface area contributed by atoms with E-state index in [2.05, 4.69) is 10.6 Å². The van der Waals surface area contributed by atoms with Crippen molar-refractivity contribution in [2.75, 3.05) is 13.1 Å². The number of aliphatic carboxylic acids is 4. The maximum atomic E-state index is 10.6. The van der Waals surface area contributed by atoms with Gasteiger partial charge in [0.2, 0.25) is 0 Å². The van der Waals surface area contributed by atoms with Gasteiger partial charge in [0.25, 0.3) is 0 Å². The number of carbonyl (C=O) groups is 4. The zero-order chi connectivity index (χ0) is 25.9. The lowest BCUT2D eigenvalue weighted by molar-refractivity contribution is -0.193. The molecule has 32 heavy (non-hydrogen) atoms. The molecule has 0 aromatic carbocycles. The summed E-state index contributed by atoms with van der Waals surface area (Å²) in [5.74, 6) is -7.46. The fourth-order valence-electron chi connectivity index (χ4n) is 1.88. The van der Waals surface area contributed by atoms with E-state index >= 15 is 0 Å². The number of halogens is 6. The molecule has 2 fully saturated rings. The van der Waals surface area contributed by atoms with Crippen LogP contribution in [0.5, 0.6) is 0 Å². The minimum absolute atomic E-state index is 0.539. The van der Waals surface area contributed by atoms with Gasteiger partial charge in [-0.05, 0) is 25.9 Å². The molecule has 2 saturated heterocycles. The molecule has 0 aromatic heterocycles. The standard InChI is InChI=1S/2C5H9NO3.2C2HF3O2/c2*7-3-1-2-6-4(3)5(8)9;2*3-2(4,5)1(6)7/h2*3-4,6-7H,1-2H2,(H,8,9);2*(H,6,7)/t2*3-,4+;;/m10../s1. The molecule has 0 aromatic rings. The second kappa shape index (κ2) is 13.7. The Morgan fingerprint density at radius 3 is 0.906 bits per heavy atom. The number of rotatable bonds is 2. The first-order valence-corrected chi connectivity index (χ1v) is 8.21. The zero-order valence-corrected chi connectivity index (χ0v) is 15.7. The number of carboxylic acids is 4. The van der Waals surface area contributed by atoms with Crippen LogP contribution in [0.1, 0.15) is 12.8 Å². The van der Waals surface area contributed by atoms with E-state index in [0.29, 0.717) is 25.9 Å². The zero-order valence-electron chi connectivity index (χ0n) is 15.7. The van der Waals surface area contributed by atoms with Crippen LogP contribution in [0.4, 0.5) is 26.3 Å². The van der Waals surface area contributed by atoms with Crippen LogP contribution >= 0.6 is 0 Å². The van der Waals surface area contributed by atoms with Crippen LogP contribution in [-0.4, -0.2) is 104 Å². The molecule has 2 aliphatic rings. The van der Waals surface area contributed by atoms with Gasteiger partial charge in [-0.3, -0.25) is 9.59 Å². The Kier molecular flexibility index (Phi) is 13.4. The highest BCUT2D eigenvalue weighted by molar-refractivity contribution is 5.75. The molecule has 8 N–H and O–H groups in total. The molecule has 2 aliphatic heterocycles. The van der Waals surface area contributed by atoms with Gasteiger partial charge in [-0.25, -0.2) is 9.59 Å². The number of aliphatic hydroxyl groups is 2. The highest BCUT2D eigenvalue weighted by atomic mass is 19.4. The minimum Gasteiger partial charge on any atom is -0.480 e. The molecule has 0 bridgehead atoms. The molecular weight excluding hydrogens is 470 g/mol. The molecule has 0 saturated carbocycles. The molecule has 12 nitrogen and oxygen atoms in total. The van der Waals surface area contributed by atoms with E-state index in [1.807, 2.05) is 0 Å². The van der Waals surface area contributed by atoms with E-state index in [-0.39, 0.29) is 0 Å². The fraction of sp³-hybridized carbons (Fsp3) is 0.714. The van der Waals surface area contributed by atoms with Crippen LogP contribution in [0.3, 0.4) is 0 Å². The Labute approximate surface area is 174 Å². The van der Waals surface area contributed by atoms with E-state index in [1.165, 1.54) is 0 Å². The molecule has 188 valence electrons. The van der Waals surface area contributed by atoms with Crippen molar-refractivity contribution >= 4 is 23.9 Å². The van der Waals surface area contributed by atoms with Crippen molar-refractivity contribution in [3.05, 3.63) is 0 Å². The van der Waals surface area contributed by atoms with Crippen LogP contribution in [0.2, 0.25) is 0 Å². The van der Waals surface area contributed by atoms with Crippen molar-refractivity contribution < 1.29 is 76.2 Å². The molecule has 18 heteroatoms. The Morgan fingerprint density at radius 2 is 0.844 bits per heavy atom. The van der Waals surface area contributed by atoms with Crippen molar-refractivity contribution in [2.24, 2.45) is 0 Å². The van der Waals surface area contributed by atoms with Crippen LogP contribution in [0.15, 0.2) is 0 Å². The molecule has 0 spiro atoms. The van der Waals surface area contributed by atoms with Crippen molar-refractivity contribution in [1.29, 1.82) is 0 Å². The second-order valence-corrected chi connectivity index (χ2v) is 5.86. The summed E-state index contributed by atoms with van der Waals surface area (Å²) in [7, 11) is 0. The van der Waals surface area contributed by atoms with Crippen LogP contribution in [0, 0.1) is 0 Å². The van der Waals surface area contributed by atoms with E-state index in [1.54, 1.807) is 0 Å². The first-order chi connectivity index (χ1) is 14.3. The summed E-state index contributed by atoms with van der Waals surface area (Å²) in [6.07, 6.45) is -10.5. The van der Waals surface area contributed by atoms with Crippen LogP contribution < -0.4 is 10.6 Å². The number of hydrogen-bond acceptors (Lipinski definition) is 8. The third-order valence-corrected chi connectivity index (χ3v) is 3.40. The topological polar surface area (TPSA) is 214 Å². The summed E-state index contributed by atoms with van der Waals surface area (Å²) in [5.41, 5.74) is 0. The van der Waals surface area contributed by atoms with Gasteiger partial charge in [-0.2, -0.15) is 26.3 Å². The quantitative estimate of drug-likeness (QED) is 0.216. The molecule has 0 unspecified atom stereocenters. The Bertz CT molecular complexity index is 588. The van der Waals surface area contributed by atoms with Crippen molar-refractivity contribution in [1.82, 2.24) is 10.6 Å². The first kappa shape index (κ1) is 31.5. The van der Waals surface area contributed by atoms with Gasteiger partial charge in [-0.1, -0.05) is 0 Å². The van der Waals surface area contributed by atoms with E-state index in [9.17, 15) is 35.9 Å². The summed E-state index contributed by atoms with van der Waals surface area (Å²) >= 11 is 0. The average molecular weight is 490 g/mol. The summed E-state index contributed by atoms with van der Waals surface area (Å²) in [6.45, 7) is 1.19. The largest absolute Gasteiger partial charge is 0.490 e. The predicted octanol–water partition coefficient (Wildman–Crippen LogP) is -1.15. The van der Waals surface area contributed by atoms with Crippen LogP contribution in [-0.2, 0) is 19.2 Å². The fourth-order valence-corrected chi connectivity index (χ4v) is 1.88. The Morgan fingerprint density at radius 1 is 0.625 bits per heavy atom. The summed E-state index contributed by atoms with van der Waals surface area (Å²) < 4.78 is 63.5. The molecule has 2 rings (SSSR count). The maximum Gasteiger partial charge on any atom is 0.490 e. The second-order valence-electron chi connectivity index (χ2n) is 5.86. The highest BCUT2D eigenvalue weighted by Crippen LogP contribution is 2.13. The third kappa shape index (κ3) is 13.6. The lowest BCUT2D eigenvalue weighted by Gasteiger charge is -2.06. The van der Waals surface area contributed by atoms with Gasteiger partial charge < -0.3 is 41.3 Å². The molecule has 0 aliphatic carbocycles. The molecule has 0 radical (unpaired) electrons. The molecule has 0 amide bonds. The maximum absolute atomic E-state index is 10.6. The first-order valence-electron chi connectivity index (χ1n) is 8.21. The minimum atomic E-state index is -5.08.